The van der Waals surface area contributed by atoms with Gasteiger partial charge in [-0.1, -0.05) is 6.08 Å². The maximum atomic E-state index is 10.9. The summed E-state index contributed by atoms with van der Waals surface area (Å²) in [5.41, 5.74) is 0. The fourth-order valence-electron chi connectivity index (χ4n) is 0.854. The standard InChI is InChI=1S/C8H12O/c1-2-3-4-8(9)7-5-6-7/h2,7H,1,3-6H2. The van der Waals surface area contributed by atoms with Gasteiger partial charge in [-0.2, -0.15) is 0 Å². The van der Waals surface area contributed by atoms with Crippen molar-refractivity contribution < 1.29 is 4.79 Å². The van der Waals surface area contributed by atoms with Crippen molar-refractivity contribution in [3.8, 4) is 0 Å². The molecule has 0 amide bonds. The maximum absolute atomic E-state index is 10.9. The van der Waals surface area contributed by atoms with E-state index in [2.05, 4.69) is 6.58 Å². The molecule has 1 heteroatoms. The molecular weight excluding hydrogens is 112 g/mol. The summed E-state index contributed by atoms with van der Waals surface area (Å²) in [6, 6.07) is 0. The van der Waals surface area contributed by atoms with E-state index in [0.717, 1.165) is 19.3 Å². The van der Waals surface area contributed by atoms with Gasteiger partial charge in [0.15, 0.2) is 0 Å². The van der Waals surface area contributed by atoms with Crippen LogP contribution in [0, 0.1) is 5.92 Å². The fourth-order valence-corrected chi connectivity index (χ4v) is 0.854. The summed E-state index contributed by atoms with van der Waals surface area (Å²) in [7, 11) is 0. The molecule has 1 aliphatic rings. The first kappa shape index (κ1) is 6.53. The SMILES string of the molecule is C=CCCC(=O)C1CC1. The number of allylic oxidation sites excluding steroid dienone is 1. The molecule has 0 aromatic rings. The van der Waals surface area contributed by atoms with E-state index in [4.69, 9.17) is 0 Å². The Morgan fingerprint density at radius 3 is 2.78 bits per heavy atom. The largest absolute Gasteiger partial charge is 0.299 e. The second-order valence-corrected chi connectivity index (χ2v) is 2.57. The van der Waals surface area contributed by atoms with Crippen molar-refractivity contribution in [2.75, 3.05) is 0 Å². The molecule has 0 heterocycles. The molecule has 0 saturated heterocycles. The van der Waals surface area contributed by atoms with Gasteiger partial charge >= 0.3 is 0 Å². The van der Waals surface area contributed by atoms with Crippen LogP contribution >= 0.6 is 0 Å². The quantitative estimate of drug-likeness (QED) is 0.523. The van der Waals surface area contributed by atoms with E-state index in [9.17, 15) is 4.79 Å². The first-order valence-electron chi connectivity index (χ1n) is 3.48. The number of Topliss-reactive ketones (excluding diaryl/α,β-unsaturated/α-hetero) is 1. The second-order valence-electron chi connectivity index (χ2n) is 2.57. The van der Waals surface area contributed by atoms with Crippen molar-refractivity contribution >= 4 is 5.78 Å². The Morgan fingerprint density at radius 1 is 1.67 bits per heavy atom. The summed E-state index contributed by atoms with van der Waals surface area (Å²) >= 11 is 0. The highest BCUT2D eigenvalue weighted by Crippen LogP contribution is 2.31. The van der Waals surface area contributed by atoms with E-state index >= 15 is 0 Å². The van der Waals surface area contributed by atoms with Crippen LogP contribution in [0.1, 0.15) is 25.7 Å². The van der Waals surface area contributed by atoms with Gasteiger partial charge in [-0.15, -0.1) is 6.58 Å². The summed E-state index contributed by atoms with van der Waals surface area (Å²) < 4.78 is 0. The highest BCUT2D eigenvalue weighted by atomic mass is 16.1. The minimum absolute atomic E-state index is 0.435. The van der Waals surface area contributed by atoms with Gasteiger partial charge in [0, 0.05) is 12.3 Å². The molecule has 1 rings (SSSR count). The van der Waals surface area contributed by atoms with Gasteiger partial charge in [0.25, 0.3) is 0 Å². The molecule has 0 aromatic carbocycles. The lowest BCUT2D eigenvalue weighted by Crippen LogP contribution is -1.97. The topological polar surface area (TPSA) is 17.1 Å². The summed E-state index contributed by atoms with van der Waals surface area (Å²) in [6.45, 7) is 3.56. The van der Waals surface area contributed by atoms with Gasteiger partial charge in [-0.05, 0) is 19.3 Å². The average molecular weight is 124 g/mol. The van der Waals surface area contributed by atoms with Crippen molar-refractivity contribution in [3.63, 3.8) is 0 Å². The summed E-state index contributed by atoms with van der Waals surface area (Å²) in [6.07, 6.45) is 5.65. The predicted molar refractivity (Wildman–Crippen MR) is 37.2 cm³/mol. The van der Waals surface area contributed by atoms with Crippen molar-refractivity contribution in [1.29, 1.82) is 0 Å². The van der Waals surface area contributed by atoms with Crippen molar-refractivity contribution in [3.05, 3.63) is 12.7 Å². The molecule has 0 radical (unpaired) electrons. The Morgan fingerprint density at radius 2 is 2.33 bits per heavy atom. The van der Waals surface area contributed by atoms with E-state index in [1.54, 1.807) is 6.08 Å². The van der Waals surface area contributed by atoms with E-state index in [1.165, 1.54) is 0 Å². The molecule has 1 aliphatic carbocycles. The molecule has 1 fully saturated rings. The molecule has 0 aromatic heterocycles. The molecule has 0 spiro atoms. The Kier molecular flexibility index (Phi) is 2.04. The molecular formula is C8H12O. The molecule has 1 nitrogen and oxygen atoms in total. The lowest BCUT2D eigenvalue weighted by atomic mass is 10.1. The van der Waals surface area contributed by atoms with Crippen LogP contribution in [-0.2, 0) is 4.79 Å². The van der Waals surface area contributed by atoms with Crippen molar-refractivity contribution in [2.24, 2.45) is 5.92 Å². The normalized spacial score (nSPS) is 17.3. The third kappa shape index (κ3) is 2.00. The number of hydrogen-bond acceptors (Lipinski definition) is 1. The first-order valence-corrected chi connectivity index (χ1v) is 3.48. The van der Waals surface area contributed by atoms with Crippen LogP contribution in [0.15, 0.2) is 12.7 Å². The molecule has 0 aliphatic heterocycles. The molecule has 0 N–H and O–H groups in total. The van der Waals surface area contributed by atoms with Crippen LogP contribution in [0.25, 0.3) is 0 Å². The number of rotatable bonds is 4. The molecule has 50 valence electrons. The number of carbonyl (C=O) groups is 1. The zero-order valence-corrected chi connectivity index (χ0v) is 5.60. The predicted octanol–water partition coefficient (Wildman–Crippen LogP) is 1.93. The van der Waals surface area contributed by atoms with Gasteiger partial charge in [0.1, 0.15) is 5.78 Å². The first-order chi connectivity index (χ1) is 4.34. The Balaban J connectivity index is 2.10. The van der Waals surface area contributed by atoms with E-state index in [-0.39, 0.29) is 0 Å². The lowest BCUT2D eigenvalue weighted by Gasteiger charge is -1.90. The molecule has 9 heavy (non-hydrogen) atoms. The van der Waals surface area contributed by atoms with Crippen LogP contribution in [0.3, 0.4) is 0 Å². The van der Waals surface area contributed by atoms with Crippen LogP contribution in [0.5, 0.6) is 0 Å². The Hall–Kier alpha value is -0.590. The molecule has 1 saturated carbocycles. The van der Waals surface area contributed by atoms with Crippen LogP contribution in [0.4, 0.5) is 0 Å². The smallest absolute Gasteiger partial charge is 0.136 e. The highest BCUT2D eigenvalue weighted by molar-refractivity contribution is 5.83. The number of ketones is 1. The minimum atomic E-state index is 0.435. The molecule has 0 unspecified atom stereocenters. The second kappa shape index (κ2) is 2.81. The number of carbonyl (C=O) groups excluding carboxylic acids is 1. The zero-order valence-electron chi connectivity index (χ0n) is 5.60. The van der Waals surface area contributed by atoms with Crippen molar-refractivity contribution in [2.45, 2.75) is 25.7 Å². The zero-order chi connectivity index (χ0) is 6.69. The van der Waals surface area contributed by atoms with E-state index in [1.807, 2.05) is 0 Å². The minimum Gasteiger partial charge on any atom is -0.299 e. The fraction of sp³-hybridized carbons (Fsp3) is 0.625. The third-order valence-electron chi connectivity index (χ3n) is 1.63. The van der Waals surface area contributed by atoms with Gasteiger partial charge < -0.3 is 0 Å². The highest BCUT2D eigenvalue weighted by Gasteiger charge is 2.28. The average Bonchev–Trinajstić information content (AvgIpc) is 2.63. The van der Waals surface area contributed by atoms with Crippen LogP contribution in [0.2, 0.25) is 0 Å². The summed E-state index contributed by atoms with van der Waals surface area (Å²) in [5, 5.41) is 0. The Labute approximate surface area is 55.8 Å². The van der Waals surface area contributed by atoms with E-state index in [0.29, 0.717) is 18.1 Å². The molecule has 0 atom stereocenters. The molecule has 0 bridgehead atoms. The summed E-state index contributed by atoms with van der Waals surface area (Å²) in [4.78, 5) is 10.9. The van der Waals surface area contributed by atoms with Gasteiger partial charge in [0.2, 0.25) is 0 Å². The van der Waals surface area contributed by atoms with E-state index < -0.39 is 0 Å². The van der Waals surface area contributed by atoms with Crippen LogP contribution in [-0.4, -0.2) is 5.78 Å². The van der Waals surface area contributed by atoms with Gasteiger partial charge in [-0.25, -0.2) is 0 Å². The van der Waals surface area contributed by atoms with Gasteiger partial charge in [-0.3, -0.25) is 4.79 Å². The Bertz CT molecular complexity index is 123. The van der Waals surface area contributed by atoms with Gasteiger partial charge in [0.05, 0.1) is 0 Å². The third-order valence-corrected chi connectivity index (χ3v) is 1.63. The monoisotopic (exact) mass is 124 g/mol. The summed E-state index contributed by atoms with van der Waals surface area (Å²) in [5.74, 6) is 0.875. The van der Waals surface area contributed by atoms with Crippen LogP contribution < -0.4 is 0 Å². The maximum Gasteiger partial charge on any atom is 0.136 e. The lowest BCUT2D eigenvalue weighted by molar-refractivity contribution is -0.120. The van der Waals surface area contributed by atoms with Crippen molar-refractivity contribution in [1.82, 2.24) is 0 Å². The number of hydrogen-bond donors (Lipinski definition) is 0.